The van der Waals surface area contributed by atoms with E-state index < -0.39 is 5.97 Å². The standard InChI is InChI=1S/C13H18N2O3/c1-2-18-6-5-12-14-8-10-7-9(13(16)17)3-4-11(10)15-12/h8-9H,2-7H2,1H3,(H,16,17). The second-order valence-corrected chi connectivity index (χ2v) is 4.48. The lowest BCUT2D eigenvalue weighted by Crippen LogP contribution is -2.23. The molecule has 0 saturated heterocycles. The zero-order chi connectivity index (χ0) is 13.0. The van der Waals surface area contributed by atoms with Gasteiger partial charge in [0.15, 0.2) is 0 Å². The summed E-state index contributed by atoms with van der Waals surface area (Å²) < 4.78 is 5.27. The van der Waals surface area contributed by atoms with E-state index in [0.29, 0.717) is 32.5 Å². The number of aliphatic carboxylic acids is 1. The van der Waals surface area contributed by atoms with Gasteiger partial charge in [0.25, 0.3) is 0 Å². The van der Waals surface area contributed by atoms with Gasteiger partial charge in [0.1, 0.15) is 5.82 Å². The second-order valence-electron chi connectivity index (χ2n) is 4.48. The van der Waals surface area contributed by atoms with Crippen LogP contribution in [0.15, 0.2) is 6.20 Å². The Morgan fingerprint density at radius 2 is 2.44 bits per heavy atom. The summed E-state index contributed by atoms with van der Waals surface area (Å²) in [6.45, 7) is 3.29. The molecule has 1 aliphatic rings. The van der Waals surface area contributed by atoms with E-state index in [1.54, 1.807) is 6.20 Å². The van der Waals surface area contributed by atoms with Gasteiger partial charge in [-0.25, -0.2) is 9.97 Å². The van der Waals surface area contributed by atoms with Crippen molar-refractivity contribution >= 4 is 5.97 Å². The monoisotopic (exact) mass is 250 g/mol. The number of ether oxygens (including phenoxy) is 1. The van der Waals surface area contributed by atoms with Gasteiger partial charge in [-0.15, -0.1) is 0 Å². The van der Waals surface area contributed by atoms with Crippen molar-refractivity contribution in [3.05, 3.63) is 23.3 Å². The summed E-state index contributed by atoms with van der Waals surface area (Å²) >= 11 is 0. The number of carboxylic acids is 1. The fourth-order valence-corrected chi connectivity index (χ4v) is 2.19. The van der Waals surface area contributed by atoms with Crippen LogP contribution in [0.25, 0.3) is 0 Å². The number of rotatable bonds is 5. The van der Waals surface area contributed by atoms with Crippen molar-refractivity contribution in [1.29, 1.82) is 0 Å². The molecule has 0 aliphatic heterocycles. The van der Waals surface area contributed by atoms with E-state index in [0.717, 1.165) is 23.5 Å². The van der Waals surface area contributed by atoms with Gasteiger partial charge in [0.2, 0.25) is 0 Å². The maximum atomic E-state index is 10.9. The molecule has 5 nitrogen and oxygen atoms in total. The van der Waals surface area contributed by atoms with Crippen LogP contribution in [0.4, 0.5) is 0 Å². The molecule has 0 spiro atoms. The van der Waals surface area contributed by atoms with E-state index in [2.05, 4.69) is 9.97 Å². The highest BCUT2D eigenvalue weighted by atomic mass is 16.5. The Morgan fingerprint density at radius 1 is 1.61 bits per heavy atom. The van der Waals surface area contributed by atoms with Crippen molar-refractivity contribution < 1.29 is 14.6 Å². The summed E-state index contributed by atoms with van der Waals surface area (Å²) in [6.07, 6.45) is 4.44. The molecule has 1 heterocycles. The van der Waals surface area contributed by atoms with Crippen molar-refractivity contribution in [1.82, 2.24) is 9.97 Å². The highest BCUT2D eigenvalue weighted by Gasteiger charge is 2.25. The Bertz CT molecular complexity index is 434. The van der Waals surface area contributed by atoms with E-state index in [-0.39, 0.29) is 5.92 Å². The van der Waals surface area contributed by atoms with Gasteiger partial charge in [0, 0.05) is 24.9 Å². The zero-order valence-electron chi connectivity index (χ0n) is 10.6. The predicted molar refractivity (Wildman–Crippen MR) is 65.4 cm³/mol. The molecule has 98 valence electrons. The van der Waals surface area contributed by atoms with Crippen LogP contribution in [0.5, 0.6) is 0 Å². The van der Waals surface area contributed by atoms with Gasteiger partial charge in [-0.1, -0.05) is 0 Å². The van der Waals surface area contributed by atoms with Crippen LogP contribution in [0.3, 0.4) is 0 Å². The number of aromatic nitrogens is 2. The molecule has 1 aromatic rings. The Labute approximate surface area is 106 Å². The summed E-state index contributed by atoms with van der Waals surface area (Å²) in [7, 11) is 0. The van der Waals surface area contributed by atoms with Crippen LogP contribution < -0.4 is 0 Å². The quantitative estimate of drug-likeness (QED) is 0.796. The van der Waals surface area contributed by atoms with E-state index in [1.165, 1.54) is 0 Å². The second kappa shape index (κ2) is 5.91. The van der Waals surface area contributed by atoms with E-state index in [4.69, 9.17) is 9.84 Å². The number of aryl methyl sites for hydroxylation is 1. The summed E-state index contributed by atoms with van der Waals surface area (Å²) in [5.41, 5.74) is 1.99. The summed E-state index contributed by atoms with van der Waals surface area (Å²) in [6, 6.07) is 0. The summed E-state index contributed by atoms with van der Waals surface area (Å²) in [5, 5.41) is 9.00. The first-order chi connectivity index (χ1) is 8.70. The Kier molecular flexibility index (Phi) is 4.25. The average molecular weight is 250 g/mol. The zero-order valence-corrected chi connectivity index (χ0v) is 10.6. The Morgan fingerprint density at radius 3 is 3.17 bits per heavy atom. The number of hydrogen-bond donors (Lipinski definition) is 1. The molecular weight excluding hydrogens is 232 g/mol. The molecule has 0 aromatic carbocycles. The third kappa shape index (κ3) is 3.04. The molecular formula is C13H18N2O3. The van der Waals surface area contributed by atoms with Crippen molar-refractivity contribution in [2.75, 3.05) is 13.2 Å². The maximum Gasteiger partial charge on any atom is 0.306 e. The minimum Gasteiger partial charge on any atom is -0.481 e. The molecule has 0 saturated carbocycles. The SMILES string of the molecule is CCOCCc1ncc2c(n1)CCC(C(=O)O)C2. The normalized spacial score (nSPS) is 18.4. The highest BCUT2D eigenvalue weighted by Crippen LogP contribution is 2.23. The molecule has 18 heavy (non-hydrogen) atoms. The largest absolute Gasteiger partial charge is 0.481 e. The van der Waals surface area contributed by atoms with Crippen LogP contribution in [0, 0.1) is 5.92 Å². The van der Waals surface area contributed by atoms with Crippen molar-refractivity contribution in [3.63, 3.8) is 0 Å². The number of fused-ring (bicyclic) bond motifs is 1. The van der Waals surface area contributed by atoms with Gasteiger partial charge >= 0.3 is 5.97 Å². The molecule has 1 atom stereocenters. The third-order valence-electron chi connectivity index (χ3n) is 3.22. The van der Waals surface area contributed by atoms with Crippen LogP contribution in [-0.2, 0) is 28.8 Å². The molecule has 0 radical (unpaired) electrons. The van der Waals surface area contributed by atoms with Crippen LogP contribution in [0.2, 0.25) is 0 Å². The van der Waals surface area contributed by atoms with E-state index >= 15 is 0 Å². The van der Waals surface area contributed by atoms with Gasteiger partial charge < -0.3 is 9.84 Å². The molecule has 0 bridgehead atoms. The van der Waals surface area contributed by atoms with Gasteiger partial charge in [-0.3, -0.25) is 4.79 Å². The molecule has 0 amide bonds. The molecule has 1 unspecified atom stereocenters. The molecule has 5 heteroatoms. The first-order valence-electron chi connectivity index (χ1n) is 6.35. The lowest BCUT2D eigenvalue weighted by molar-refractivity contribution is -0.142. The van der Waals surface area contributed by atoms with Crippen molar-refractivity contribution in [2.24, 2.45) is 5.92 Å². The molecule has 1 aromatic heterocycles. The highest BCUT2D eigenvalue weighted by molar-refractivity contribution is 5.70. The number of carboxylic acid groups (broad SMARTS) is 1. The number of carbonyl (C=O) groups is 1. The lowest BCUT2D eigenvalue weighted by atomic mass is 9.87. The van der Waals surface area contributed by atoms with Crippen molar-refractivity contribution in [3.8, 4) is 0 Å². The topological polar surface area (TPSA) is 72.3 Å². The number of hydrogen-bond acceptors (Lipinski definition) is 4. The predicted octanol–water partition coefficient (Wildman–Crippen LogP) is 1.25. The molecule has 0 fully saturated rings. The van der Waals surface area contributed by atoms with Crippen LogP contribution >= 0.6 is 0 Å². The van der Waals surface area contributed by atoms with Crippen LogP contribution in [0.1, 0.15) is 30.4 Å². The van der Waals surface area contributed by atoms with Gasteiger partial charge in [0.05, 0.1) is 12.5 Å². The minimum atomic E-state index is -0.721. The molecule has 1 aliphatic carbocycles. The maximum absolute atomic E-state index is 10.9. The Hall–Kier alpha value is -1.49. The molecule has 1 N–H and O–H groups in total. The minimum absolute atomic E-state index is 0.282. The first-order valence-corrected chi connectivity index (χ1v) is 6.35. The number of nitrogens with zero attached hydrogens (tertiary/aromatic N) is 2. The van der Waals surface area contributed by atoms with Crippen LogP contribution in [-0.4, -0.2) is 34.3 Å². The van der Waals surface area contributed by atoms with Crippen molar-refractivity contribution in [2.45, 2.75) is 32.6 Å². The Balaban J connectivity index is 2.03. The summed E-state index contributed by atoms with van der Waals surface area (Å²) in [4.78, 5) is 19.7. The first kappa shape index (κ1) is 13.0. The smallest absolute Gasteiger partial charge is 0.306 e. The van der Waals surface area contributed by atoms with Gasteiger partial charge in [-0.05, 0) is 31.7 Å². The van der Waals surface area contributed by atoms with E-state index in [1.807, 2.05) is 6.92 Å². The fraction of sp³-hybridized carbons (Fsp3) is 0.615. The summed E-state index contributed by atoms with van der Waals surface area (Å²) in [5.74, 6) is -0.215. The lowest BCUT2D eigenvalue weighted by Gasteiger charge is -2.20. The fourth-order valence-electron chi connectivity index (χ4n) is 2.19. The van der Waals surface area contributed by atoms with E-state index in [9.17, 15) is 4.79 Å². The third-order valence-corrected chi connectivity index (χ3v) is 3.22. The average Bonchev–Trinajstić information content (AvgIpc) is 2.38. The molecule has 2 rings (SSSR count). The van der Waals surface area contributed by atoms with Gasteiger partial charge in [-0.2, -0.15) is 0 Å².